The molecule has 4 amide bonds. The summed E-state index contributed by atoms with van der Waals surface area (Å²) in [4.78, 5) is 56.6. The number of hydrogen-bond acceptors (Lipinski definition) is 5. The maximum atomic E-state index is 11.9. The van der Waals surface area contributed by atoms with Gasteiger partial charge in [-0.1, -0.05) is 0 Å². The molecule has 0 aliphatic rings. The van der Waals surface area contributed by atoms with E-state index in [1.54, 1.807) is 6.29 Å². The second-order valence-electron chi connectivity index (χ2n) is 5.23. The van der Waals surface area contributed by atoms with E-state index >= 15 is 0 Å². The average molecular weight is 327 g/mol. The van der Waals surface area contributed by atoms with Gasteiger partial charge in [-0.3, -0.25) is 24.0 Å². The third-order valence-electron chi connectivity index (χ3n) is 2.85. The summed E-state index contributed by atoms with van der Waals surface area (Å²) in [7, 11) is 0. The molecule has 0 aromatic heterocycles. The number of hydrogen-bond donors (Lipinski definition) is 4. The molecule has 0 fully saturated rings. The SMILES string of the molecule is CC(=O)NC(C)C(=O)NC(C)C(=O)NC(C)C(=O)NC(C)[C]=O. The second-order valence-corrected chi connectivity index (χ2v) is 5.23. The lowest BCUT2D eigenvalue weighted by atomic mass is 10.2. The van der Waals surface area contributed by atoms with E-state index in [0.29, 0.717) is 0 Å². The smallest absolute Gasteiger partial charge is 0.242 e. The summed E-state index contributed by atoms with van der Waals surface area (Å²) in [5, 5.41) is 9.56. The van der Waals surface area contributed by atoms with Crippen molar-refractivity contribution in [2.45, 2.75) is 58.8 Å². The van der Waals surface area contributed by atoms with Crippen LogP contribution in [0.5, 0.6) is 0 Å². The minimum atomic E-state index is -0.899. The lowest BCUT2D eigenvalue weighted by Crippen LogP contribution is -2.55. The second kappa shape index (κ2) is 9.54. The van der Waals surface area contributed by atoms with E-state index < -0.39 is 41.9 Å². The molecule has 9 heteroatoms. The van der Waals surface area contributed by atoms with Crippen molar-refractivity contribution >= 4 is 29.9 Å². The predicted molar refractivity (Wildman–Crippen MR) is 81.8 cm³/mol. The predicted octanol–water partition coefficient (Wildman–Crippen LogP) is -1.87. The monoisotopic (exact) mass is 327 g/mol. The fraction of sp³-hybridized carbons (Fsp3) is 0.643. The number of nitrogens with one attached hydrogen (secondary N) is 4. The highest BCUT2D eigenvalue weighted by atomic mass is 16.2. The van der Waals surface area contributed by atoms with Crippen molar-refractivity contribution in [1.82, 2.24) is 21.3 Å². The van der Waals surface area contributed by atoms with Crippen molar-refractivity contribution < 1.29 is 24.0 Å². The van der Waals surface area contributed by atoms with Crippen molar-refractivity contribution in [2.75, 3.05) is 0 Å². The number of rotatable bonds is 8. The summed E-state index contributed by atoms with van der Waals surface area (Å²) in [6.45, 7) is 7.10. The van der Waals surface area contributed by atoms with Crippen LogP contribution in [0.1, 0.15) is 34.6 Å². The van der Waals surface area contributed by atoms with Crippen molar-refractivity contribution in [3.8, 4) is 0 Å². The molecule has 129 valence electrons. The Morgan fingerprint density at radius 1 is 0.696 bits per heavy atom. The Kier molecular flexibility index (Phi) is 8.53. The van der Waals surface area contributed by atoms with E-state index in [1.165, 1.54) is 34.6 Å². The van der Waals surface area contributed by atoms with Crippen LogP contribution < -0.4 is 21.3 Å². The quantitative estimate of drug-likeness (QED) is 0.415. The van der Waals surface area contributed by atoms with Gasteiger partial charge in [-0.05, 0) is 27.7 Å². The molecular weight excluding hydrogens is 304 g/mol. The zero-order valence-corrected chi connectivity index (χ0v) is 13.9. The van der Waals surface area contributed by atoms with Crippen LogP contribution in [0.25, 0.3) is 0 Å². The molecule has 0 aliphatic carbocycles. The highest BCUT2D eigenvalue weighted by Gasteiger charge is 2.23. The van der Waals surface area contributed by atoms with Crippen LogP contribution in [0.15, 0.2) is 0 Å². The lowest BCUT2D eigenvalue weighted by Gasteiger charge is -2.20. The minimum Gasteiger partial charge on any atom is -0.345 e. The number of carbonyl (C=O) groups excluding carboxylic acids is 5. The van der Waals surface area contributed by atoms with Crippen LogP contribution in [-0.2, 0) is 24.0 Å². The topological polar surface area (TPSA) is 133 Å². The molecular formula is C14H23N4O5. The van der Waals surface area contributed by atoms with Gasteiger partial charge in [0.25, 0.3) is 0 Å². The Morgan fingerprint density at radius 3 is 1.39 bits per heavy atom. The highest BCUT2D eigenvalue weighted by molar-refractivity contribution is 5.93. The molecule has 0 heterocycles. The molecule has 4 unspecified atom stereocenters. The first-order valence-electron chi connectivity index (χ1n) is 7.14. The Labute approximate surface area is 134 Å². The number of amides is 4. The molecule has 0 aliphatic heterocycles. The van der Waals surface area contributed by atoms with Crippen molar-refractivity contribution in [1.29, 1.82) is 0 Å². The van der Waals surface area contributed by atoms with Crippen LogP contribution in [0.3, 0.4) is 0 Å². The Hall–Kier alpha value is -2.45. The standard InChI is InChI=1S/C14H23N4O5/c1-7(6-19)15-12(21)9(3)17-14(23)10(4)18-13(22)8(2)16-11(5)20/h7-10H,1-5H3,(H,15,21)(H,16,20)(H,17,23)(H,18,22). The van der Waals surface area contributed by atoms with Gasteiger partial charge in [-0.25, -0.2) is 0 Å². The fourth-order valence-electron chi connectivity index (χ4n) is 1.55. The summed E-state index contributed by atoms with van der Waals surface area (Å²) in [6, 6.07) is -3.35. The summed E-state index contributed by atoms with van der Waals surface area (Å²) < 4.78 is 0. The van der Waals surface area contributed by atoms with Gasteiger partial charge >= 0.3 is 0 Å². The first-order chi connectivity index (χ1) is 10.6. The zero-order chi connectivity index (χ0) is 18.2. The van der Waals surface area contributed by atoms with Gasteiger partial charge < -0.3 is 21.3 Å². The molecule has 0 bridgehead atoms. The molecule has 9 nitrogen and oxygen atoms in total. The zero-order valence-electron chi connectivity index (χ0n) is 13.9. The van der Waals surface area contributed by atoms with Crippen LogP contribution in [0.4, 0.5) is 0 Å². The van der Waals surface area contributed by atoms with Gasteiger partial charge in [-0.15, -0.1) is 0 Å². The van der Waals surface area contributed by atoms with Gasteiger partial charge in [0.2, 0.25) is 29.9 Å². The Morgan fingerprint density at radius 2 is 1.04 bits per heavy atom. The Balaban J connectivity index is 4.44. The van der Waals surface area contributed by atoms with Gasteiger partial charge in [0, 0.05) is 6.92 Å². The minimum absolute atomic E-state index is 0.365. The van der Waals surface area contributed by atoms with E-state index in [0.717, 1.165) is 0 Å². The van der Waals surface area contributed by atoms with Gasteiger partial charge in [-0.2, -0.15) is 0 Å². The third kappa shape index (κ3) is 7.93. The fourth-order valence-corrected chi connectivity index (χ4v) is 1.55. The molecule has 4 atom stereocenters. The highest BCUT2D eigenvalue weighted by Crippen LogP contribution is 1.91. The van der Waals surface area contributed by atoms with Crippen LogP contribution in [-0.4, -0.2) is 54.1 Å². The van der Waals surface area contributed by atoms with Crippen molar-refractivity contribution in [3.05, 3.63) is 0 Å². The third-order valence-corrected chi connectivity index (χ3v) is 2.85. The molecule has 4 N–H and O–H groups in total. The van der Waals surface area contributed by atoms with E-state index in [2.05, 4.69) is 21.3 Å². The van der Waals surface area contributed by atoms with E-state index in [-0.39, 0.29) is 5.91 Å². The molecule has 0 saturated heterocycles. The van der Waals surface area contributed by atoms with E-state index in [4.69, 9.17) is 0 Å². The number of carbonyl (C=O) groups is 4. The molecule has 0 spiro atoms. The van der Waals surface area contributed by atoms with Gasteiger partial charge in [0.15, 0.2) is 0 Å². The van der Waals surface area contributed by atoms with Gasteiger partial charge in [0.05, 0.1) is 6.04 Å². The molecule has 0 aromatic rings. The maximum absolute atomic E-state index is 11.9. The largest absolute Gasteiger partial charge is 0.345 e. The average Bonchev–Trinajstić information content (AvgIpc) is 2.45. The van der Waals surface area contributed by atoms with Crippen LogP contribution in [0.2, 0.25) is 0 Å². The van der Waals surface area contributed by atoms with E-state index in [1.807, 2.05) is 0 Å². The molecule has 0 saturated carbocycles. The van der Waals surface area contributed by atoms with Crippen molar-refractivity contribution in [2.24, 2.45) is 0 Å². The lowest BCUT2D eigenvalue weighted by molar-refractivity contribution is -0.132. The molecule has 1 radical (unpaired) electrons. The molecule has 23 heavy (non-hydrogen) atoms. The van der Waals surface area contributed by atoms with Crippen LogP contribution >= 0.6 is 0 Å². The summed E-state index contributed by atoms with van der Waals surface area (Å²) >= 11 is 0. The Bertz CT molecular complexity index is 480. The first-order valence-corrected chi connectivity index (χ1v) is 7.14. The normalized spacial score (nSPS) is 15.3. The van der Waals surface area contributed by atoms with Gasteiger partial charge in [0.1, 0.15) is 18.1 Å². The summed E-state index contributed by atoms with van der Waals surface area (Å²) in [5.74, 6) is -2.00. The van der Waals surface area contributed by atoms with Crippen LogP contribution in [0, 0.1) is 0 Å². The van der Waals surface area contributed by atoms with Crippen molar-refractivity contribution in [3.63, 3.8) is 0 Å². The van der Waals surface area contributed by atoms with E-state index in [9.17, 15) is 24.0 Å². The maximum Gasteiger partial charge on any atom is 0.242 e. The summed E-state index contributed by atoms with van der Waals surface area (Å²) in [6.07, 6.45) is 1.59. The first kappa shape index (κ1) is 20.6. The molecule has 0 rings (SSSR count). The summed E-state index contributed by atoms with van der Waals surface area (Å²) in [5.41, 5.74) is 0. The molecule has 0 aromatic carbocycles.